The van der Waals surface area contributed by atoms with Gasteiger partial charge in [-0.3, -0.25) is 28.9 Å². The van der Waals surface area contributed by atoms with Crippen molar-refractivity contribution < 1.29 is 48.1 Å². The van der Waals surface area contributed by atoms with Gasteiger partial charge in [0.2, 0.25) is 23.6 Å². The molecule has 65 heavy (non-hydrogen) atoms. The zero-order valence-electron chi connectivity index (χ0n) is 41.6. The molecule has 1 aromatic heterocycles. The molecule has 1 saturated heterocycles. The number of nitrogens with zero attached hydrogens (tertiary/aromatic N) is 3. The molecule has 4 amide bonds. The van der Waals surface area contributed by atoms with E-state index < -0.39 is 71.8 Å². The van der Waals surface area contributed by atoms with Crippen LogP contribution >= 0.6 is 0 Å². The summed E-state index contributed by atoms with van der Waals surface area (Å²) in [6.45, 7) is 19.5. The molecule has 16 heteroatoms. The van der Waals surface area contributed by atoms with Crippen LogP contribution in [0.4, 0.5) is 0 Å². The number of hydrogen-bond donors (Lipinski definition) is 4. The normalized spacial score (nSPS) is 18.2. The van der Waals surface area contributed by atoms with Gasteiger partial charge in [-0.25, -0.2) is 4.79 Å². The number of H-pyrrole nitrogens is 1. The molecular formula is C49H80N6O10. The van der Waals surface area contributed by atoms with Gasteiger partial charge in [-0.2, -0.15) is 0 Å². The van der Waals surface area contributed by atoms with E-state index in [0.717, 1.165) is 16.5 Å². The van der Waals surface area contributed by atoms with E-state index in [1.54, 1.807) is 51.6 Å². The maximum atomic E-state index is 14.5. The lowest BCUT2D eigenvalue weighted by Gasteiger charge is -2.41. The van der Waals surface area contributed by atoms with Crippen LogP contribution in [0, 0.1) is 23.7 Å². The number of aromatic nitrogens is 1. The van der Waals surface area contributed by atoms with E-state index in [-0.39, 0.29) is 54.7 Å². The van der Waals surface area contributed by atoms with Crippen molar-refractivity contribution >= 4 is 46.5 Å². The summed E-state index contributed by atoms with van der Waals surface area (Å²) in [5, 5.41) is 16.1. The highest BCUT2D eigenvalue weighted by molar-refractivity contribution is 5.91. The first kappa shape index (κ1) is 54.8. The molecule has 9 atom stereocenters. The van der Waals surface area contributed by atoms with Crippen LogP contribution < -0.4 is 10.6 Å². The Kier molecular flexibility index (Phi) is 20.9. The van der Waals surface area contributed by atoms with Crippen molar-refractivity contribution in [2.24, 2.45) is 23.7 Å². The minimum absolute atomic E-state index is 0.0120. The maximum Gasteiger partial charge on any atom is 0.329 e. The number of carbonyl (C=O) groups excluding carboxylic acids is 5. The lowest BCUT2D eigenvalue weighted by Crippen LogP contribution is -2.60. The molecule has 1 aromatic carbocycles. The molecule has 0 radical (unpaired) electrons. The number of para-hydroxylation sites is 1. The van der Waals surface area contributed by atoms with Crippen molar-refractivity contribution in [3.05, 3.63) is 36.0 Å². The summed E-state index contributed by atoms with van der Waals surface area (Å²) >= 11 is 0. The number of methoxy groups -OCH3 is 2. The molecule has 0 bridgehead atoms. The molecule has 4 N–H and O–H groups in total. The molecule has 1 aliphatic rings. The monoisotopic (exact) mass is 913 g/mol. The van der Waals surface area contributed by atoms with Crippen molar-refractivity contribution in [1.29, 1.82) is 0 Å². The first-order valence-electron chi connectivity index (χ1n) is 23.4. The number of hydrogen-bond acceptors (Lipinski definition) is 10. The second kappa shape index (κ2) is 24.8. The number of ether oxygens (including phenoxy) is 3. The topological polar surface area (TPSA) is 200 Å². The van der Waals surface area contributed by atoms with Crippen LogP contribution in [0.3, 0.4) is 0 Å². The number of likely N-dealkylation sites (tertiary alicyclic amines) is 1. The van der Waals surface area contributed by atoms with Crippen molar-refractivity contribution in [1.82, 2.24) is 30.3 Å². The number of nitrogens with one attached hydrogen (secondary N) is 3. The van der Waals surface area contributed by atoms with Crippen LogP contribution in [0.5, 0.6) is 0 Å². The summed E-state index contributed by atoms with van der Waals surface area (Å²) < 4.78 is 17.9. The van der Waals surface area contributed by atoms with Gasteiger partial charge in [0.1, 0.15) is 17.7 Å². The fourth-order valence-corrected chi connectivity index (χ4v) is 9.30. The second-order valence-corrected chi connectivity index (χ2v) is 19.6. The van der Waals surface area contributed by atoms with Gasteiger partial charge < -0.3 is 44.7 Å². The Hall–Kier alpha value is -4.54. The smallest absolute Gasteiger partial charge is 0.329 e. The number of esters is 1. The molecule has 366 valence electrons. The lowest BCUT2D eigenvalue weighted by molar-refractivity contribution is -0.159. The summed E-state index contributed by atoms with van der Waals surface area (Å²) in [4.78, 5) is 90.2. The Morgan fingerprint density at radius 2 is 1.60 bits per heavy atom. The average Bonchev–Trinajstić information content (AvgIpc) is 3.88. The summed E-state index contributed by atoms with van der Waals surface area (Å²) in [7, 11) is 6.53. The lowest BCUT2D eigenvalue weighted by atomic mass is 9.89. The van der Waals surface area contributed by atoms with Gasteiger partial charge in [0.05, 0.1) is 42.7 Å². The summed E-state index contributed by atoms with van der Waals surface area (Å²) in [5.41, 5.74) is 0.986. The number of likely N-dealkylation sites (N-methyl/N-ethyl adjacent to an activating group) is 2. The molecular weight excluding hydrogens is 833 g/mol. The van der Waals surface area contributed by atoms with Gasteiger partial charge in [0, 0.05) is 57.8 Å². The number of carbonyl (C=O) groups is 6. The number of aliphatic carboxylic acids is 1. The largest absolute Gasteiger partial charge is 0.481 e. The van der Waals surface area contributed by atoms with Crippen LogP contribution in [0.25, 0.3) is 10.9 Å². The minimum atomic E-state index is -0.987. The number of aromatic amines is 1. The number of carboxylic acid groups (broad SMARTS) is 1. The van der Waals surface area contributed by atoms with Gasteiger partial charge in [-0.1, -0.05) is 73.1 Å². The Labute approximate surface area is 387 Å². The minimum Gasteiger partial charge on any atom is -0.481 e. The third kappa shape index (κ3) is 15.0. The quantitative estimate of drug-likeness (QED) is 0.0928. The molecule has 2 aromatic rings. The van der Waals surface area contributed by atoms with Crippen LogP contribution in [0.15, 0.2) is 30.5 Å². The Balaban J connectivity index is 1.82. The van der Waals surface area contributed by atoms with Crippen LogP contribution in [-0.2, 0) is 49.4 Å². The van der Waals surface area contributed by atoms with Crippen molar-refractivity contribution in [3.8, 4) is 0 Å². The van der Waals surface area contributed by atoms with E-state index in [0.29, 0.717) is 38.8 Å². The number of fused-ring (bicyclic) bond motifs is 1. The summed E-state index contributed by atoms with van der Waals surface area (Å²) in [6, 6.07) is 4.31. The van der Waals surface area contributed by atoms with E-state index >= 15 is 0 Å². The summed E-state index contributed by atoms with van der Waals surface area (Å²) in [5.74, 6) is -3.94. The molecule has 3 rings (SSSR count). The average molecular weight is 913 g/mol. The van der Waals surface area contributed by atoms with Crippen LogP contribution in [-0.4, -0.2) is 150 Å². The van der Waals surface area contributed by atoms with E-state index in [9.17, 15) is 28.8 Å². The summed E-state index contributed by atoms with van der Waals surface area (Å²) in [6.07, 6.45) is 2.92. The molecule has 16 nitrogen and oxygen atoms in total. The highest BCUT2D eigenvalue weighted by Crippen LogP contribution is 2.30. The molecule has 0 unspecified atom stereocenters. The highest BCUT2D eigenvalue weighted by atomic mass is 16.6. The Bertz CT molecular complexity index is 1890. The Morgan fingerprint density at radius 1 is 0.938 bits per heavy atom. The SMILES string of the molecule is CC[C@H](C)[C@@H]([C@@H](CC(=O)N1CCC[C@H]1[C@H](OC)[C@@H](C)C(=O)N[C@@H](Cc1c[nH]c2ccccc12)C(=O)OC(C)(C)C)OC)N(C)C(=O)[C@@H](NC(=O)[C@H](C(C)C)N(C)CCCC(=O)O)C(C)C. The van der Waals surface area contributed by atoms with Gasteiger partial charge in [-0.15, -0.1) is 0 Å². The highest BCUT2D eigenvalue weighted by Gasteiger charge is 2.44. The number of carboxylic acids is 1. The Morgan fingerprint density at radius 3 is 2.17 bits per heavy atom. The third-order valence-electron chi connectivity index (χ3n) is 12.9. The van der Waals surface area contributed by atoms with Gasteiger partial charge >= 0.3 is 11.9 Å². The predicted octanol–water partition coefficient (Wildman–Crippen LogP) is 5.42. The molecule has 0 saturated carbocycles. The van der Waals surface area contributed by atoms with E-state index in [1.165, 1.54) is 14.2 Å². The van der Waals surface area contributed by atoms with E-state index in [1.807, 2.05) is 76.9 Å². The predicted molar refractivity (Wildman–Crippen MR) is 251 cm³/mol. The first-order valence-corrected chi connectivity index (χ1v) is 23.4. The third-order valence-corrected chi connectivity index (χ3v) is 12.9. The van der Waals surface area contributed by atoms with E-state index in [4.69, 9.17) is 19.3 Å². The number of benzene rings is 1. The van der Waals surface area contributed by atoms with Crippen molar-refractivity contribution in [3.63, 3.8) is 0 Å². The fourth-order valence-electron chi connectivity index (χ4n) is 9.30. The number of amides is 4. The molecule has 1 fully saturated rings. The van der Waals surface area contributed by atoms with Crippen LogP contribution in [0.1, 0.15) is 113 Å². The second-order valence-electron chi connectivity index (χ2n) is 19.6. The molecule has 1 aliphatic heterocycles. The van der Waals surface area contributed by atoms with Crippen molar-refractivity contribution in [2.75, 3.05) is 41.4 Å². The molecule has 0 spiro atoms. The zero-order chi connectivity index (χ0) is 48.9. The van der Waals surface area contributed by atoms with Crippen LogP contribution in [0.2, 0.25) is 0 Å². The van der Waals surface area contributed by atoms with Gasteiger partial charge in [0.25, 0.3) is 0 Å². The fraction of sp³-hybridized carbons (Fsp3) is 0.714. The molecule has 2 heterocycles. The molecule has 0 aliphatic carbocycles. The van der Waals surface area contributed by atoms with Gasteiger partial charge in [-0.05, 0) is 83.0 Å². The number of rotatable bonds is 25. The van der Waals surface area contributed by atoms with Crippen molar-refractivity contribution in [2.45, 2.75) is 162 Å². The zero-order valence-corrected chi connectivity index (χ0v) is 41.6. The van der Waals surface area contributed by atoms with E-state index in [2.05, 4.69) is 15.6 Å². The first-order chi connectivity index (χ1) is 30.5. The van der Waals surface area contributed by atoms with Gasteiger partial charge in [0.15, 0.2) is 0 Å². The maximum absolute atomic E-state index is 14.5. The standard InChI is InChI=1S/C49H80N6O10/c1-15-31(6)43(54(12)47(61)41(29(2)3)52-46(60)42(30(4)5)53(11)24-19-23-40(57)58)38(63-13)27-39(56)55-25-18-22-37(55)44(64-14)32(7)45(59)51-36(48(62)65-49(8,9)10)26-33-28-50-35-21-17-16-20-34(33)35/h16-17,20-21,28-32,36-38,41-44,50H,15,18-19,22-27H2,1-14H3,(H,51,59)(H,52,60)(H,57,58)/t31-,32+,36-,37-,38+,41-,42-,43-,44+/m0/s1.